The molecule has 2 heterocycles. The number of hydrogen-bond donors (Lipinski definition) is 3. The van der Waals surface area contributed by atoms with Crippen LogP contribution in [0.1, 0.15) is 44.4 Å². The quantitative estimate of drug-likeness (QED) is 0.299. The predicted molar refractivity (Wildman–Crippen MR) is 119 cm³/mol. The number of hydrogen-bond acceptors (Lipinski definition) is 4. The van der Waals surface area contributed by atoms with Crippen LogP contribution >= 0.6 is 11.3 Å². The van der Waals surface area contributed by atoms with Gasteiger partial charge >= 0.3 is 0 Å². The molecule has 1 fully saturated rings. The zero-order valence-corrected chi connectivity index (χ0v) is 18.3. The molecule has 1 amide bonds. The van der Waals surface area contributed by atoms with E-state index < -0.39 is 0 Å². The van der Waals surface area contributed by atoms with Crippen LogP contribution < -0.4 is 16.4 Å². The highest BCUT2D eigenvalue weighted by atomic mass is 32.1. The minimum atomic E-state index is -0.135. The van der Waals surface area contributed by atoms with Crippen molar-refractivity contribution in [1.29, 1.82) is 0 Å². The highest BCUT2D eigenvalue weighted by molar-refractivity contribution is 7.09. The van der Waals surface area contributed by atoms with E-state index in [-0.39, 0.29) is 11.8 Å². The second kappa shape index (κ2) is 12.8. The normalized spacial score (nSPS) is 17.4. The Morgan fingerprint density at radius 1 is 1.36 bits per heavy atom. The molecule has 1 saturated heterocycles. The first-order valence-corrected chi connectivity index (χ1v) is 11.5. The van der Waals surface area contributed by atoms with Gasteiger partial charge in [0, 0.05) is 30.4 Å². The summed E-state index contributed by atoms with van der Waals surface area (Å²) in [5.41, 5.74) is 5.40. The summed E-state index contributed by atoms with van der Waals surface area (Å²) in [7, 11) is 0. The van der Waals surface area contributed by atoms with Gasteiger partial charge < -0.3 is 21.3 Å². The van der Waals surface area contributed by atoms with E-state index in [9.17, 15) is 4.79 Å². The van der Waals surface area contributed by atoms with Gasteiger partial charge in [-0.25, -0.2) is 0 Å². The van der Waals surface area contributed by atoms with E-state index in [1.54, 1.807) is 0 Å². The van der Waals surface area contributed by atoms with E-state index in [0.29, 0.717) is 5.92 Å². The van der Waals surface area contributed by atoms with Gasteiger partial charge in [-0.2, -0.15) is 0 Å². The number of likely N-dealkylation sites (tertiary alicyclic amines) is 1. The van der Waals surface area contributed by atoms with Crippen LogP contribution in [0.5, 0.6) is 0 Å². The van der Waals surface area contributed by atoms with Gasteiger partial charge in [-0.1, -0.05) is 13.0 Å². The summed E-state index contributed by atoms with van der Waals surface area (Å²) in [6, 6.07) is 4.31. The summed E-state index contributed by atoms with van der Waals surface area (Å²) in [4.78, 5) is 19.9. The zero-order valence-electron chi connectivity index (χ0n) is 17.5. The van der Waals surface area contributed by atoms with Crippen molar-refractivity contribution in [2.45, 2.75) is 46.0 Å². The number of unbranched alkanes of at least 4 members (excludes halogenated alkanes) is 1. The van der Waals surface area contributed by atoms with E-state index in [1.807, 2.05) is 11.3 Å². The molecule has 0 aromatic carbocycles. The summed E-state index contributed by atoms with van der Waals surface area (Å²) >= 11 is 1.82. The first-order chi connectivity index (χ1) is 13.6. The number of aliphatic imine (C=N–C) groups is 1. The minimum Gasteiger partial charge on any atom is -0.369 e. The third kappa shape index (κ3) is 8.61. The SMILES string of the molecule is CCNC(=NCC(C)Cc1cccs1)NCCCCN1CCC(C(N)=O)CC1. The van der Waals surface area contributed by atoms with Gasteiger partial charge in [0.1, 0.15) is 0 Å². The molecule has 0 bridgehead atoms. The van der Waals surface area contributed by atoms with Gasteiger partial charge in [0.05, 0.1) is 0 Å². The molecule has 1 aromatic heterocycles. The van der Waals surface area contributed by atoms with Crippen LogP contribution in [0.25, 0.3) is 0 Å². The second-order valence-corrected chi connectivity index (χ2v) is 8.79. The third-order valence-electron chi connectivity index (χ3n) is 5.22. The lowest BCUT2D eigenvalue weighted by atomic mass is 9.96. The molecule has 6 nitrogen and oxygen atoms in total. The molecule has 4 N–H and O–H groups in total. The topological polar surface area (TPSA) is 82.8 Å². The van der Waals surface area contributed by atoms with Crippen LogP contribution in [0.2, 0.25) is 0 Å². The number of carbonyl (C=O) groups is 1. The number of nitrogens with zero attached hydrogens (tertiary/aromatic N) is 2. The number of piperidine rings is 1. The Morgan fingerprint density at radius 3 is 2.79 bits per heavy atom. The average Bonchev–Trinajstić information content (AvgIpc) is 3.19. The molecule has 1 atom stereocenters. The lowest BCUT2D eigenvalue weighted by Crippen LogP contribution is -2.40. The van der Waals surface area contributed by atoms with Crippen molar-refractivity contribution in [3.63, 3.8) is 0 Å². The van der Waals surface area contributed by atoms with E-state index in [0.717, 1.165) is 77.3 Å². The molecule has 1 aromatic rings. The molecule has 1 unspecified atom stereocenters. The smallest absolute Gasteiger partial charge is 0.220 e. The number of thiophene rings is 1. The number of rotatable bonds is 11. The Labute approximate surface area is 174 Å². The molecule has 1 aliphatic heterocycles. The van der Waals surface area contributed by atoms with Gasteiger partial charge in [-0.05, 0) is 76.0 Å². The molecular weight excluding hydrogens is 370 g/mol. The molecule has 0 spiro atoms. The first-order valence-electron chi connectivity index (χ1n) is 10.6. The van der Waals surface area contributed by atoms with Crippen LogP contribution in [0, 0.1) is 11.8 Å². The van der Waals surface area contributed by atoms with Crippen LogP contribution in [-0.2, 0) is 11.2 Å². The van der Waals surface area contributed by atoms with E-state index in [2.05, 4.69) is 46.9 Å². The lowest BCUT2D eigenvalue weighted by Gasteiger charge is -2.30. The van der Waals surface area contributed by atoms with Crippen LogP contribution in [-0.4, -0.2) is 56.0 Å². The summed E-state index contributed by atoms with van der Waals surface area (Å²) < 4.78 is 0. The monoisotopic (exact) mass is 407 g/mol. The fourth-order valence-corrected chi connectivity index (χ4v) is 4.40. The lowest BCUT2D eigenvalue weighted by molar-refractivity contribution is -0.123. The summed E-state index contributed by atoms with van der Waals surface area (Å²) in [5, 5.41) is 8.93. The van der Waals surface area contributed by atoms with Crippen molar-refractivity contribution in [3.05, 3.63) is 22.4 Å². The fourth-order valence-electron chi connectivity index (χ4n) is 3.53. The number of guanidine groups is 1. The van der Waals surface area contributed by atoms with Gasteiger partial charge in [-0.3, -0.25) is 9.79 Å². The summed E-state index contributed by atoms with van der Waals surface area (Å²) in [6.45, 7) is 10.1. The Balaban J connectivity index is 1.60. The molecule has 28 heavy (non-hydrogen) atoms. The molecule has 0 saturated carbocycles. The Morgan fingerprint density at radius 2 is 2.14 bits per heavy atom. The van der Waals surface area contributed by atoms with Gasteiger partial charge in [0.15, 0.2) is 5.96 Å². The maximum absolute atomic E-state index is 11.2. The maximum atomic E-state index is 11.2. The highest BCUT2D eigenvalue weighted by Crippen LogP contribution is 2.17. The maximum Gasteiger partial charge on any atom is 0.220 e. The molecule has 7 heteroatoms. The predicted octanol–water partition coefficient (Wildman–Crippen LogP) is 2.46. The summed E-state index contributed by atoms with van der Waals surface area (Å²) in [5.74, 6) is 1.41. The largest absolute Gasteiger partial charge is 0.369 e. The van der Waals surface area contributed by atoms with Crippen LogP contribution in [0.15, 0.2) is 22.5 Å². The van der Waals surface area contributed by atoms with Gasteiger partial charge in [0.25, 0.3) is 0 Å². The van der Waals surface area contributed by atoms with E-state index >= 15 is 0 Å². The van der Waals surface area contributed by atoms with Crippen molar-refractivity contribution >= 4 is 23.2 Å². The van der Waals surface area contributed by atoms with E-state index in [4.69, 9.17) is 10.7 Å². The Bertz CT molecular complexity index is 582. The van der Waals surface area contributed by atoms with E-state index in [1.165, 1.54) is 4.88 Å². The third-order valence-corrected chi connectivity index (χ3v) is 6.12. The number of amides is 1. The highest BCUT2D eigenvalue weighted by Gasteiger charge is 2.22. The Hall–Kier alpha value is -1.60. The number of nitrogens with one attached hydrogen (secondary N) is 2. The summed E-state index contributed by atoms with van der Waals surface area (Å²) in [6.07, 6.45) is 5.18. The van der Waals surface area contributed by atoms with Crippen molar-refractivity contribution in [1.82, 2.24) is 15.5 Å². The van der Waals surface area contributed by atoms with Crippen molar-refractivity contribution < 1.29 is 4.79 Å². The zero-order chi connectivity index (χ0) is 20.2. The number of carbonyl (C=O) groups excluding carboxylic acids is 1. The van der Waals surface area contributed by atoms with Gasteiger partial charge in [-0.15, -0.1) is 11.3 Å². The molecule has 0 radical (unpaired) electrons. The van der Waals surface area contributed by atoms with Crippen molar-refractivity contribution in [3.8, 4) is 0 Å². The van der Waals surface area contributed by atoms with Crippen molar-refractivity contribution in [2.75, 3.05) is 39.3 Å². The second-order valence-electron chi connectivity index (χ2n) is 7.76. The van der Waals surface area contributed by atoms with Crippen LogP contribution in [0.3, 0.4) is 0 Å². The standard InChI is InChI=1S/C21H37N5OS/c1-3-23-21(25-16-17(2)15-19-7-6-14-28-19)24-10-4-5-11-26-12-8-18(9-13-26)20(22)27/h6-7,14,17-18H,3-5,8-13,15-16H2,1-2H3,(H2,22,27)(H2,23,24,25). The van der Waals surface area contributed by atoms with Gasteiger partial charge in [0.2, 0.25) is 5.91 Å². The molecule has 1 aliphatic rings. The number of nitrogens with two attached hydrogens (primary N) is 1. The van der Waals surface area contributed by atoms with Crippen LogP contribution in [0.4, 0.5) is 0 Å². The van der Waals surface area contributed by atoms with Crippen molar-refractivity contribution in [2.24, 2.45) is 22.6 Å². The fraction of sp³-hybridized carbons (Fsp3) is 0.714. The minimum absolute atomic E-state index is 0.0824. The molecule has 158 valence electrons. The average molecular weight is 408 g/mol. The molecule has 2 rings (SSSR count). The molecular formula is C21H37N5OS. The Kier molecular flexibility index (Phi) is 10.4. The first kappa shape index (κ1) is 22.7. The number of primary amides is 1. The molecule has 0 aliphatic carbocycles.